The molecule has 402 valence electrons. The standard InChI is InChI=1S/C29H19N2O3.C24BF20/c32-25(19-5-2-1-3-6-19)18-31-16-15-30-17-24(31)29(33)34-26-14-12-22-10-9-20-7-4-8-21-11-13-23(26)28(22)27(20)21;26-5-1(6(27)14(35)21(42)13(5)34)25(2-7(28)15(36)22(43)16(37)8(2)29,3-9(30)17(38)23(44)18(39)10(3)31)4-11(32)19(40)24(45)20(41)12(4)33/h1-17H,18H2;/q+1;-1. The highest BCUT2D eigenvalue weighted by atomic mass is 19.2. The molecule has 0 saturated carbocycles. The van der Waals surface area contributed by atoms with Crippen molar-refractivity contribution in [1.82, 2.24) is 4.98 Å². The van der Waals surface area contributed by atoms with Gasteiger partial charge in [-0.25, -0.2) is 92.6 Å². The van der Waals surface area contributed by atoms with Crippen molar-refractivity contribution in [3.8, 4) is 5.75 Å². The Labute approximate surface area is 426 Å². The molecular formula is C53H19BF20N2O3. The van der Waals surface area contributed by atoms with E-state index in [1.165, 1.54) is 6.20 Å². The Balaban J connectivity index is 0.000000198. The summed E-state index contributed by atoms with van der Waals surface area (Å²) in [4.78, 5) is 30.0. The second kappa shape index (κ2) is 20.4. The van der Waals surface area contributed by atoms with Crippen molar-refractivity contribution in [2.75, 3.05) is 0 Å². The predicted octanol–water partition coefficient (Wildman–Crippen LogP) is 11.2. The van der Waals surface area contributed by atoms with Crippen LogP contribution in [0, 0.1) is 116 Å². The summed E-state index contributed by atoms with van der Waals surface area (Å²) < 4.78 is 301. The van der Waals surface area contributed by atoms with Gasteiger partial charge in [0.05, 0.1) is 6.20 Å². The first-order valence-electron chi connectivity index (χ1n) is 21.9. The Morgan fingerprint density at radius 3 is 1.16 bits per heavy atom. The molecule has 5 nitrogen and oxygen atoms in total. The molecule has 0 aliphatic carbocycles. The number of aromatic nitrogens is 2. The Morgan fingerprint density at radius 1 is 0.405 bits per heavy atom. The second-order valence-electron chi connectivity index (χ2n) is 17.0. The highest BCUT2D eigenvalue weighted by molar-refractivity contribution is 7.20. The summed E-state index contributed by atoms with van der Waals surface area (Å²) in [6.07, 6.45) is -2.63. The van der Waals surface area contributed by atoms with E-state index >= 15 is 35.1 Å². The maximum absolute atomic E-state index is 15.4. The lowest BCUT2D eigenvalue weighted by atomic mass is 9.12. The van der Waals surface area contributed by atoms with Crippen LogP contribution in [0.25, 0.3) is 32.3 Å². The van der Waals surface area contributed by atoms with E-state index in [9.17, 15) is 62.3 Å². The van der Waals surface area contributed by atoms with Crippen molar-refractivity contribution < 1.29 is 107 Å². The third-order valence-corrected chi connectivity index (χ3v) is 12.9. The van der Waals surface area contributed by atoms with Crippen molar-refractivity contribution >= 4 is 72.1 Å². The molecule has 0 saturated heterocycles. The SMILES string of the molecule is Fc1c(F)c(F)c([B-](c2c(F)c(F)c(F)c(F)c2F)(c2c(F)c(F)c(F)c(F)c2F)c2c(F)c(F)c(F)c(F)c2F)c(F)c1F.O=C(C[n+]1ccncc1C(=O)Oc1ccc2ccc3cccc4ccc1c2c34)c1ccccc1. The van der Waals surface area contributed by atoms with Gasteiger partial charge in [0.2, 0.25) is 12.3 Å². The lowest BCUT2D eigenvalue weighted by Crippen LogP contribution is -2.81. The lowest BCUT2D eigenvalue weighted by Gasteiger charge is -2.44. The number of Topliss-reactive ketones (excluding diaryl/α,β-unsaturated/α-hetero) is 1. The van der Waals surface area contributed by atoms with E-state index in [1.54, 1.807) is 29.1 Å². The maximum Gasteiger partial charge on any atom is 0.410 e. The minimum Gasteiger partial charge on any atom is -0.418 e. The molecule has 0 fully saturated rings. The Kier molecular flexibility index (Phi) is 14.1. The average Bonchev–Trinajstić information content (AvgIpc) is 2.80. The number of benzene rings is 9. The van der Waals surface area contributed by atoms with E-state index in [0.717, 1.165) is 32.3 Å². The van der Waals surface area contributed by atoms with Crippen LogP contribution in [-0.4, -0.2) is 22.9 Å². The van der Waals surface area contributed by atoms with Gasteiger partial charge in [-0.05, 0) is 33.7 Å². The molecule has 79 heavy (non-hydrogen) atoms. The van der Waals surface area contributed by atoms with E-state index in [0.29, 0.717) is 11.3 Å². The van der Waals surface area contributed by atoms with Crippen molar-refractivity contribution in [3.05, 3.63) is 231 Å². The van der Waals surface area contributed by atoms with Gasteiger partial charge < -0.3 is 4.74 Å². The number of rotatable bonds is 9. The Morgan fingerprint density at radius 2 is 0.759 bits per heavy atom. The first kappa shape index (κ1) is 54.7. The lowest BCUT2D eigenvalue weighted by molar-refractivity contribution is -0.686. The normalized spacial score (nSPS) is 11.7. The molecule has 0 atom stereocenters. The van der Waals surface area contributed by atoms with Crippen molar-refractivity contribution in [3.63, 3.8) is 0 Å². The van der Waals surface area contributed by atoms with Crippen LogP contribution in [0.4, 0.5) is 87.8 Å². The number of hydrogen-bond acceptors (Lipinski definition) is 4. The summed E-state index contributed by atoms with van der Waals surface area (Å²) in [6, 6.07) is 27.2. The zero-order chi connectivity index (χ0) is 57.4. The molecule has 10 aromatic rings. The topological polar surface area (TPSA) is 60.1 Å². The third-order valence-electron chi connectivity index (χ3n) is 12.9. The van der Waals surface area contributed by atoms with Crippen LogP contribution in [-0.2, 0) is 6.54 Å². The minimum atomic E-state index is -7.22. The largest absolute Gasteiger partial charge is 0.418 e. The van der Waals surface area contributed by atoms with Crippen molar-refractivity contribution in [2.45, 2.75) is 6.54 Å². The van der Waals surface area contributed by atoms with Gasteiger partial charge in [-0.2, -0.15) is 4.57 Å². The van der Waals surface area contributed by atoms with E-state index in [-0.39, 0.29) is 18.0 Å². The highest BCUT2D eigenvalue weighted by Crippen LogP contribution is 2.39. The molecule has 0 bridgehead atoms. The fourth-order valence-electron chi connectivity index (χ4n) is 9.39. The monoisotopic (exact) mass is 1120 g/mol. The number of ketones is 1. The fourth-order valence-corrected chi connectivity index (χ4v) is 9.39. The highest BCUT2D eigenvalue weighted by Gasteiger charge is 2.52. The molecule has 0 aliphatic heterocycles. The second-order valence-corrected chi connectivity index (χ2v) is 17.0. The number of hydrogen-bond donors (Lipinski definition) is 0. The molecule has 0 amide bonds. The van der Waals surface area contributed by atoms with E-state index < -0.39 is 150 Å². The molecule has 10 rings (SSSR count). The van der Waals surface area contributed by atoms with Crippen LogP contribution in [0.2, 0.25) is 0 Å². The summed E-state index contributed by atoms with van der Waals surface area (Å²) in [6.45, 7) is 0.00937. The fraction of sp³-hybridized carbons (Fsp3) is 0.0189. The molecule has 9 aromatic carbocycles. The molecule has 0 unspecified atom stereocenters. The van der Waals surface area contributed by atoms with Gasteiger partial charge in [0.1, 0.15) is 64.6 Å². The van der Waals surface area contributed by atoms with Gasteiger partial charge in [0.25, 0.3) is 0 Å². The number of halogens is 20. The number of ether oxygens (including phenoxy) is 1. The van der Waals surface area contributed by atoms with E-state index in [2.05, 4.69) is 29.2 Å². The summed E-state index contributed by atoms with van der Waals surface area (Å²) >= 11 is 0. The molecular weight excluding hydrogens is 1100 g/mol. The number of carbonyl (C=O) groups is 2. The minimum absolute atomic E-state index is 0.00937. The van der Waals surface area contributed by atoms with Gasteiger partial charge in [0.15, 0.2) is 76.0 Å². The van der Waals surface area contributed by atoms with Crippen LogP contribution in [0.1, 0.15) is 20.8 Å². The average molecular weight is 1120 g/mol. The van der Waals surface area contributed by atoms with Gasteiger partial charge in [-0.1, -0.05) is 72.8 Å². The number of esters is 1. The van der Waals surface area contributed by atoms with Crippen molar-refractivity contribution in [2.24, 2.45) is 0 Å². The summed E-state index contributed by atoms with van der Waals surface area (Å²) in [5.41, 5.74) is -13.5. The Hall–Kier alpha value is -9.10. The van der Waals surface area contributed by atoms with Gasteiger partial charge >= 0.3 is 11.7 Å². The van der Waals surface area contributed by atoms with Crippen LogP contribution in [0.15, 0.2) is 104 Å². The number of carbonyl (C=O) groups excluding carboxylic acids is 2. The molecule has 26 heteroatoms. The molecule has 1 aromatic heterocycles. The van der Waals surface area contributed by atoms with Gasteiger partial charge in [-0.15, -0.1) is 21.9 Å². The summed E-state index contributed by atoms with van der Waals surface area (Å²) in [5, 5.41) is 6.46. The number of nitrogens with zero attached hydrogens (tertiary/aromatic N) is 2. The molecule has 0 radical (unpaired) electrons. The van der Waals surface area contributed by atoms with E-state index in [1.807, 2.05) is 48.5 Å². The maximum atomic E-state index is 15.4. The molecule has 0 N–H and O–H groups in total. The third kappa shape index (κ3) is 8.46. The molecule has 0 aliphatic rings. The zero-order valence-electron chi connectivity index (χ0n) is 38.3. The van der Waals surface area contributed by atoms with Crippen LogP contribution >= 0.6 is 0 Å². The van der Waals surface area contributed by atoms with Crippen LogP contribution in [0.5, 0.6) is 5.75 Å². The van der Waals surface area contributed by atoms with E-state index in [4.69, 9.17) is 4.74 Å². The molecule has 0 spiro atoms. The Bertz CT molecular complexity index is 3810. The van der Waals surface area contributed by atoms with Gasteiger partial charge in [-0.3, -0.25) is 9.78 Å². The van der Waals surface area contributed by atoms with Crippen LogP contribution in [0.3, 0.4) is 0 Å². The first-order chi connectivity index (χ1) is 37.4. The predicted molar refractivity (Wildman–Crippen MR) is 240 cm³/mol. The quantitative estimate of drug-likeness (QED) is 0.0166. The summed E-state index contributed by atoms with van der Waals surface area (Å²) in [5.74, 6) is -71.6. The van der Waals surface area contributed by atoms with Gasteiger partial charge in [0, 0.05) is 16.3 Å². The smallest absolute Gasteiger partial charge is 0.410 e. The van der Waals surface area contributed by atoms with Crippen LogP contribution < -0.4 is 31.2 Å². The summed E-state index contributed by atoms with van der Waals surface area (Å²) in [7, 11) is 0. The first-order valence-corrected chi connectivity index (χ1v) is 21.9. The van der Waals surface area contributed by atoms with Crippen molar-refractivity contribution in [1.29, 1.82) is 0 Å². The zero-order valence-corrected chi connectivity index (χ0v) is 38.3. The molecule has 1 heterocycles.